The molecule has 0 aliphatic heterocycles. The van der Waals surface area contributed by atoms with Gasteiger partial charge in [-0.1, -0.05) is 42.0 Å². The molecule has 0 radical (unpaired) electrons. The van der Waals surface area contributed by atoms with E-state index < -0.39 is 0 Å². The smallest absolute Gasteiger partial charge is 0.264 e. The van der Waals surface area contributed by atoms with Crippen LogP contribution in [0.25, 0.3) is 0 Å². The van der Waals surface area contributed by atoms with E-state index in [0.717, 1.165) is 16.9 Å². The summed E-state index contributed by atoms with van der Waals surface area (Å²) < 4.78 is 5.50. The fraction of sp³-hybridized carbons (Fsp3) is 0.200. The van der Waals surface area contributed by atoms with Crippen LogP contribution < -0.4 is 10.1 Å². The highest BCUT2D eigenvalue weighted by molar-refractivity contribution is 7.15. The van der Waals surface area contributed by atoms with Crippen molar-refractivity contribution in [2.45, 2.75) is 20.3 Å². The molecule has 1 aromatic heterocycles. The lowest BCUT2D eigenvalue weighted by Gasteiger charge is -2.06. The molecule has 3 rings (SSSR count). The molecule has 25 heavy (non-hydrogen) atoms. The summed E-state index contributed by atoms with van der Waals surface area (Å²) in [6.45, 7) is 4.03. The first-order valence-electron chi connectivity index (χ1n) is 8.08. The van der Waals surface area contributed by atoms with E-state index in [2.05, 4.69) is 41.5 Å². The van der Waals surface area contributed by atoms with Gasteiger partial charge in [-0.3, -0.25) is 10.1 Å². The molecule has 0 bridgehead atoms. The van der Waals surface area contributed by atoms with E-state index in [-0.39, 0.29) is 12.5 Å². The molecule has 0 aliphatic rings. The number of hydrogen-bond acceptors (Lipinski definition) is 4. The normalized spacial score (nSPS) is 10.5. The lowest BCUT2D eigenvalue weighted by molar-refractivity contribution is -0.118. The molecule has 0 spiro atoms. The fourth-order valence-electron chi connectivity index (χ4n) is 2.48. The highest BCUT2D eigenvalue weighted by Gasteiger charge is 2.08. The summed E-state index contributed by atoms with van der Waals surface area (Å²) in [5, 5.41) is 3.39. The first-order valence-corrected chi connectivity index (χ1v) is 8.90. The fourth-order valence-corrected chi connectivity index (χ4v) is 3.34. The highest BCUT2D eigenvalue weighted by Crippen LogP contribution is 2.21. The minimum atomic E-state index is -0.210. The number of nitrogens with zero attached hydrogens (tertiary/aromatic N) is 1. The van der Waals surface area contributed by atoms with E-state index in [0.29, 0.717) is 10.9 Å². The van der Waals surface area contributed by atoms with E-state index in [1.807, 2.05) is 37.4 Å². The van der Waals surface area contributed by atoms with Crippen LogP contribution >= 0.6 is 11.3 Å². The van der Waals surface area contributed by atoms with Gasteiger partial charge in [0, 0.05) is 17.5 Å². The van der Waals surface area contributed by atoms with Gasteiger partial charge >= 0.3 is 0 Å². The average Bonchev–Trinajstić information content (AvgIpc) is 3.00. The second kappa shape index (κ2) is 7.94. The summed E-state index contributed by atoms with van der Waals surface area (Å²) >= 11 is 1.49. The van der Waals surface area contributed by atoms with Crippen molar-refractivity contribution in [3.8, 4) is 5.75 Å². The van der Waals surface area contributed by atoms with Gasteiger partial charge in [-0.05, 0) is 37.1 Å². The van der Waals surface area contributed by atoms with Gasteiger partial charge in [0.25, 0.3) is 5.91 Å². The van der Waals surface area contributed by atoms with Crippen LogP contribution in [0.3, 0.4) is 0 Å². The third-order valence-corrected chi connectivity index (χ3v) is 4.53. The zero-order chi connectivity index (χ0) is 17.6. The Morgan fingerprint density at radius 2 is 1.88 bits per heavy atom. The summed E-state index contributed by atoms with van der Waals surface area (Å²) in [6.07, 6.45) is 2.62. The van der Waals surface area contributed by atoms with Crippen LogP contribution in [0.2, 0.25) is 0 Å². The van der Waals surface area contributed by atoms with Crippen LogP contribution in [0, 0.1) is 13.8 Å². The van der Waals surface area contributed by atoms with Crippen molar-refractivity contribution in [2.75, 3.05) is 11.9 Å². The molecule has 4 nitrogen and oxygen atoms in total. The molecule has 2 aromatic carbocycles. The molecule has 0 atom stereocenters. The number of amides is 1. The molecule has 3 aromatic rings. The zero-order valence-electron chi connectivity index (χ0n) is 14.3. The van der Waals surface area contributed by atoms with Crippen LogP contribution in [0.1, 0.15) is 21.6 Å². The summed E-state index contributed by atoms with van der Waals surface area (Å²) in [5.74, 6) is 0.479. The number of carbonyl (C=O) groups excluding carboxylic acids is 1. The molecule has 1 amide bonds. The Kier molecular flexibility index (Phi) is 5.46. The predicted octanol–water partition coefficient (Wildman–Crippen LogP) is 4.37. The maximum Gasteiger partial charge on any atom is 0.264 e. The summed E-state index contributed by atoms with van der Waals surface area (Å²) in [7, 11) is 0. The predicted molar refractivity (Wildman–Crippen MR) is 101 cm³/mol. The highest BCUT2D eigenvalue weighted by atomic mass is 32.1. The van der Waals surface area contributed by atoms with Crippen LogP contribution in [0.4, 0.5) is 5.13 Å². The molecule has 1 heterocycles. The first kappa shape index (κ1) is 17.2. The quantitative estimate of drug-likeness (QED) is 0.717. The molecule has 5 heteroatoms. The van der Waals surface area contributed by atoms with Gasteiger partial charge in [0.05, 0.1) is 0 Å². The second-order valence-corrected chi connectivity index (χ2v) is 7.07. The minimum absolute atomic E-state index is 0.0315. The Balaban J connectivity index is 1.53. The second-order valence-electron chi connectivity index (χ2n) is 5.95. The zero-order valence-corrected chi connectivity index (χ0v) is 15.1. The lowest BCUT2D eigenvalue weighted by atomic mass is 10.1. The van der Waals surface area contributed by atoms with E-state index >= 15 is 0 Å². The number of aromatic nitrogens is 1. The Morgan fingerprint density at radius 3 is 2.64 bits per heavy atom. The molecule has 0 unspecified atom stereocenters. The number of rotatable bonds is 6. The third-order valence-electron chi connectivity index (χ3n) is 3.62. The Hall–Kier alpha value is -2.66. The number of hydrogen-bond donors (Lipinski definition) is 1. The van der Waals surface area contributed by atoms with Crippen LogP contribution in [0.5, 0.6) is 5.75 Å². The number of thiazole rings is 1. The van der Waals surface area contributed by atoms with Crippen molar-refractivity contribution < 1.29 is 9.53 Å². The van der Waals surface area contributed by atoms with E-state index in [1.165, 1.54) is 22.5 Å². The van der Waals surface area contributed by atoms with E-state index in [4.69, 9.17) is 4.74 Å². The molecule has 1 N–H and O–H groups in total. The molecule has 0 saturated heterocycles. The van der Waals surface area contributed by atoms with Gasteiger partial charge in [0.2, 0.25) is 0 Å². The van der Waals surface area contributed by atoms with Crippen molar-refractivity contribution in [3.63, 3.8) is 0 Å². The Labute approximate surface area is 151 Å². The number of anilines is 1. The number of carbonyl (C=O) groups is 1. The molecular formula is C20H20N2O2S. The lowest BCUT2D eigenvalue weighted by Crippen LogP contribution is -2.19. The van der Waals surface area contributed by atoms with Crippen molar-refractivity contribution in [1.29, 1.82) is 0 Å². The van der Waals surface area contributed by atoms with Gasteiger partial charge < -0.3 is 4.74 Å². The van der Waals surface area contributed by atoms with Crippen molar-refractivity contribution in [3.05, 3.63) is 76.3 Å². The number of aryl methyl sites for hydroxylation is 2. The number of nitrogens with one attached hydrogen (secondary N) is 1. The maximum atomic E-state index is 12.0. The van der Waals surface area contributed by atoms with Gasteiger partial charge in [0.15, 0.2) is 11.7 Å². The third kappa shape index (κ3) is 5.16. The van der Waals surface area contributed by atoms with Crippen LogP contribution in [-0.2, 0) is 11.2 Å². The Morgan fingerprint density at radius 1 is 1.12 bits per heavy atom. The number of benzene rings is 2. The Bertz CT molecular complexity index is 873. The minimum Gasteiger partial charge on any atom is -0.484 e. The topological polar surface area (TPSA) is 51.2 Å². The standard InChI is InChI=1S/C20H20N2O2S/c1-14-5-3-7-16(9-14)11-18-12-21-20(25-18)22-19(23)13-24-17-8-4-6-15(2)10-17/h3-10,12H,11,13H2,1-2H3,(H,21,22,23). The first-order chi connectivity index (χ1) is 12.1. The van der Waals surface area contributed by atoms with Gasteiger partial charge in [-0.25, -0.2) is 4.98 Å². The molecular weight excluding hydrogens is 332 g/mol. The molecule has 0 saturated carbocycles. The largest absolute Gasteiger partial charge is 0.484 e. The summed E-state index contributed by atoms with van der Waals surface area (Å²) in [5.41, 5.74) is 3.58. The van der Waals surface area contributed by atoms with Crippen molar-refractivity contribution in [2.24, 2.45) is 0 Å². The maximum absolute atomic E-state index is 12.0. The molecule has 0 fully saturated rings. The van der Waals surface area contributed by atoms with E-state index in [9.17, 15) is 4.79 Å². The van der Waals surface area contributed by atoms with Gasteiger partial charge in [-0.15, -0.1) is 11.3 Å². The molecule has 128 valence electrons. The van der Waals surface area contributed by atoms with Crippen molar-refractivity contribution >= 4 is 22.4 Å². The van der Waals surface area contributed by atoms with E-state index in [1.54, 1.807) is 0 Å². The van der Waals surface area contributed by atoms with Gasteiger partial charge in [-0.2, -0.15) is 0 Å². The monoisotopic (exact) mass is 352 g/mol. The summed E-state index contributed by atoms with van der Waals surface area (Å²) in [4.78, 5) is 17.4. The van der Waals surface area contributed by atoms with Crippen LogP contribution in [-0.4, -0.2) is 17.5 Å². The number of ether oxygens (including phenoxy) is 1. The van der Waals surface area contributed by atoms with Crippen LogP contribution in [0.15, 0.2) is 54.7 Å². The van der Waals surface area contributed by atoms with Gasteiger partial charge in [0.1, 0.15) is 5.75 Å². The SMILES string of the molecule is Cc1cccc(Cc2cnc(NC(=O)COc3cccc(C)c3)s2)c1. The average molecular weight is 352 g/mol. The van der Waals surface area contributed by atoms with Crippen molar-refractivity contribution in [1.82, 2.24) is 4.98 Å². The molecule has 0 aliphatic carbocycles. The summed E-state index contributed by atoms with van der Waals surface area (Å²) in [6, 6.07) is 16.0.